The van der Waals surface area contributed by atoms with Crippen LogP contribution in [0.1, 0.15) is 31.2 Å². The molecule has 1 heterocycles. The summed E-state index contributed by atoms with van der Waals surface area (Å²) in [7, 11) is 0. The average molecular weight is 378 g/mol. The van der Waals surface area contributed by atoms with E-state index in [0.29, 0.717) is 19.5 Å². The summed E-state index contributed by atoms with van der Waals surface area (Å²) in [5.74, 6) is -0.0752. The van der Waals surface area contributed by atoms with Crippen molar-refractivity contribution in [1.82, 2.24) is 10.2 Å². The molecular weight excluding hydrogens is 358 g/mol. The lowest BCUT2D eigenvalue weighted by molar-refractivity contribution is -0.132. The Kier molecular flexibility index (Phi) is 6.60. The molecule has 23 heavy (non-hydrogen) atoms. The number of rotatable bonds is 5. The number of nitrogens with zero attached hydrogens (tertiary/aromatic N) is 2. The third-order valence-corrected chi connectivity index (χ3v) is 4.79. The maximum Gasteiger partial charge on any atom is 0.234 e. The summed E-state index contributed by atoms with van der Waals surface area (Å²) in [6.07, 6.45) is 2.61. The minimum absolute atomic E-state index is 0.0724. The first-order chi connectivity index (χ1) is 11.1. The second-order valence-electron chi connectivity index (χ2n) is 5.65. The molecule has 1 fully saturated rings. The van der Waals surface area contributed by atoms with Crippen LogP contribution in [0.15, 0.2) is 28.7 Å². The molecule has 122 valence electrons. The van der Waals surface area contributed by atoms with Gasteiger partial charge in [0.05, 0.1) is 6.07 Å². The zero-order valence-corrected chi connectivity index (χ0v) is 14.5. The minimum atomic E-state index is -0.230. The van der Waals surface area contributed by atoms with Crippen LogP contribution in [0.3, 0.4) is 0 Å². The number of hydrogen-bond donors (Lipinski definition) is 1. The van der Waals surface area contributed by atoms with Gasteiger partial charge >= 0.3 is 0 Å². The number of amides is 2. The maximum absolute atomic E-state index is 12.3. The van der Waals surface area contributed by atoms with Crippen LogP contribution in [0.2, 0.25) is 0 Å². The summed E-state index contributed by atoms with van der Waals surface area (Å²) in [6.45, 7) is 1.32. The standard InChI is InChI=1S/C17H20BrN3O2/c18-15-4-2-1-3-13(15)5-6-17(23)21-11-8-14(9-12-21)20-16(22)7-10-19/h1-4,14H,5-9,11-12H2,(H,20,22). The molecule has 0 saturated carbocycles. The van der Waals surface area contributed by atoms with Gasteiger partial charge in [0.15, 0.2) is 0 Å². The fourth-order valence-corrected chi connectivity index (χ4v) is 3.21. The second kappa shape index (κ2) is 8.68. The van der Waals surface area contributed by atoms with E-state index in [4.69, 9.17) is 5.26 Å². The van der Waals surface area contributed by atoms with Gasteiger partial charge in [-0.2, -0.15) is 5.26 Å². The number of benzene rings is 1. The molecule has 1 N–H and O–H groups in total. The van der Waals surface area contributed by atoms with Gasteiger partial charge in [0.25, 0.3) is 0 Å². The van der Waals surface area contributed by atoms with Crippen molar-refractivity contribution in [3.63, 3.8) is 0 Å². The van der Waals surface area contributed by atoms with Crippen LogP contribution in [0.4, 0.5) is 0 Å². The van der Waals surface area contributed by atoms with E-state index < -0.39 is 0 Å². The van der Waals surface area contributed by atoms with Crippen LogP contribution < -0.4 is 5.32 Å². The zero-order chi connectivity index (χ0) is 16.7. The number of nitrogens with one attached hydrogen (secondary N) is 1. The Bertz CT molecular complexity index is 604. The molecule has 1 aromatic carbocycles. The summed E-state index contributed by atoms with van der Waals surface area (Å²) in [6, 6.07) is 9.85. The predicted octanol–water partition coefficient (Wildman–Crippen LogP) is 2.40. The van der Waals surface area contributed by atoms with E-state index in [9.17, 15) is 9.59 Å². The molecule has 0 radical (unpaired) electrons. The molecule has 0 bridgehead atoms. The molecule has 0 aromatic heterocycles. The molecule has 1 aliphatic rings. The van der Waals surface area contributed by atoms with Crippen molar-refractivity contribution in [2.24, 2.45) is 0 Å². The molecular formula is C17H20BrN3O2. The van der Waals surface area contributed by atoms with Crippen molar-refractivity contribution in [3.8, 4) is 6.07 Å². The lowest BCUT2D eigenvalue weighted by atomic mass is 10.0. The van der Waals surface area contributed by atoms with Crippen molar-refractivity contribution in [2.75, 3.05) is 13.1 Å². The highest BCUT2D eigenvalue weighted by molar-refractivity contribution is 9.10. The van der Waals surface area contributed by atoms with Crippen LogP contribution in [0.5, 0.6) is 0 Å². The molecule has 5 nitrogen and oxygen atoms in total. The third-order valence-electron chi connectivity index (χ3n) is 4.02. The van der Waals surface area contributed by atoms with Crippen molar-refractivity contribution in [2.45, 2.75) is 38.1 Å². The van der Waals surface area contributed by atoms with Gasteiger partial charge in [-0.25, -0.2) is 0 Å². The van der Waals surface area contributed by atoms with Gasteiger partial charge in [0.1, 0.15) is 6.42 Å². The van der Waals surface area contributed by atoms with Crippen LogP contribution in [0.25, 0.3) is 0 Å². The molecule has 1 aromatic rings. The lowest BCUT2D eigenvalue weighted by Gasteiger charge is -2.32. The molecule has 6 heteroatoms. The molecule has 2 rings (SSSR count). The van der Waals surface area contributed by atoms with E-state index in [1.54, 1.807) is 0 Å². The smallest absolute Gasteiger partial charge is 0.234 e. The Morgan fingerprint density at radius 3 is 2.65 bits per heavy atom. The highest BCUT2D eigenvalue weighted by atomic mass is 79.9. The number of carbonyl (C=O) groups is 2. The van der Waals surface area contributed by atoms with Crippen LogP contribution in [0, 0.1) is 11.3 Å². The SMILES string of the molecule is N#CCC(=O)NC1CCN(C(=O)CCc2ccccc2Br)CC1. The van der Waals surface area contributed by atoms with E-state index in [0.717, 1.165) is 29.3 Å². The van der Waals surface area contributed by atoms with E-state index >= 15 is 0 Å². The lowest BCUT2D eigenvalue weighted by Crippen LogP contribution is -2.46. The molecule has 0 aliphatic carbocycles. The molecule has 0 unspecified atom stereocenters. The Labute approximate surface area is 144 Å². The van der Waals surface area contributed by atoms with Crippen LogP contribution in [-0.2, 0) is 16.0 Å². The summed E-state index contributed by atoms with van der Waals surface area (Å²) < 4.78 is 1.03. The first-order valence-corrected chi connectivity index (χ1v) is 8.57. The highest BCUT2D eigenvalue weighted by Crippen LogP contribution is 2.18. The van der Waals surface area contributed by atoms with Crippen molar-refractivity contribution in [3.05, 3.63) is 34.3 Å². The van der Waals surface area contributed by atoms with E-state index in [1.165, 1.54) is 0 Å². The summed E-state index contributed by atoms with van der Waals surface area (Å²) in [5.41, 5.74) is 1.14. The minimum Gasteiger partial charge on any atom is -0.352 e. The largest absolute Gasteiger partial charge is 0.352 e. The molecule has 1 aliphatic heterocycles. The van der Waals surface area contributed by atoms with E-state index in [1.807, 2.05) is 35.2 Å². The third kappa shape index (κ3) is 5.36. The monoisotopic (exact) mass is 377 g/mol. The van der Waals surface area contributed by atoms with Crippen molar-refractivity contribution >= 4 is 27.7 Å². The summed E-state index contributed by atoms with van der Waals surface area (Å²) >= 11 is 3.50. The topological polar surface area (TPSA) is 73.2 Å². The normalized spacial score (nSPS) is 15.0. The van der Waals surface area contributed by atoms with Gasteiger partial charge in [0.2, 0.25) is 11.8 Å². The zero-order valence-electron chi connectivity index (χ0n) is 12.9. The summed E-state index contributed by atoms with van der Waals surface area (Å²) in [4.78, 5) is 25.6. The number of carbonyl (C=O) groups excluding carboxylic acids is 2. The van der Waals surface area contributed by atoms with Gasteiger partial charge in [-0.3, -0.25) is 9.59 Å². The molecule has 2 amide bonds. The first-order valence-electron chi connectivity index (χ1n) is 7.77. The number of likely N-dealkylation sites (tertiary alicyclic amines) is 1. The fraction of sp³-hybridized carbons (Fsp3) is 0.471. The van der Waals surface area contributed by atoms with Gasteiger partial charge in [-0.1, -0.05) is 34.1 Å². The Morgan fingerprint density at radius 2 is 2.00 bits per heavy atom. The fourth-order valence-electron chi connectivity index (χ4n) is 2.72. The molecule has 1 saturated heterocycles. The quantitative estimate of drug-likeness (QED) is 0.855. The van der Waals surface area contributed by atoms with Crippen LogP contribution >= 0.6 is 15.9 Å². The first kappa shape index (κ1) is 17.5. The number of aryl methyl sites for hydroxylation is 1. The van der Waals surface area contributed by atoms with Gasteiger partial charge in [0, 0.05) is 30.0 Å². The van der Waals surface area contributed by atoms with Gasteiger partial charge < -0.3 is 10.2 Å². The summed E-state index contributed by atoms with van der Waals surface area (Å²) in [5, 5.41) is 11.3. The van der Waals surface area contributed by atoms with E-state index in [2.05, 4.69) is 21.2 Å². The van der Waals surface area contributed by atoms with Gasteiger partial charge in [-0.05, 0) is 30.9 Å². The Hall–Kier alpha value is -1.87. The number of nitriles is 1. The van der Waals surface area contributed by atoms with E-state index in [-0.39, 0.29) is 24.3 Å². The van der Waals surface area contributed by atoms with Crippen LogP contribution in [-0.4, -0.2) is 35.8 Å². The van der Waals surface area contributed by atoms with Crippen molar-refractivity contribution in [1.29, 1.82) is 5.26 Å². The van der Waals surface area contributed by atoms with Crippen molar-refractivity contribution < 1.29 is 9.59 Å². The highest BCUT2D eigenvalue weighted by Gasteiger charge is 2.23. The average Bonchev–Trinajstić information content (AvgIpc) is 2.55. The second-order valence-corrected chi connectivity index (χ2v) is 6.50. The molecule has 0 spiro atoms. The number of hydrogen-bond acceptors (Lipinski definition) is 3. The van der Waals surface area contributed by atoms with Gasteiger partial charge in [-0.15, -0.1) is 0 Å². The Balaban J connectivity index is 1.74. The number of piperidine rings is 1. The number of halogens is 1. The Morgan fingerprint density at radius 1 is 1.30 bits per heavy atom. The maximum atomic E-state index is 12.3. The molecule has 0 atom stereocenters. The predicted molar refractivity (Wildman–Crippen MR) is 90.4 cm³/mol.